The van der Waals surface area contributed by atoms with Gasteiger partial charge in [-0.05, 0) is 61.7 Å². The molecule has 2 rings (SSSR count). The molecule has 0 bridgehead atoms. The Kier molecular flexibility index (Phi) is 6.78. The Morgan fingerprint density at radius 3 is 2.22 bits per heavy atom. The first-order valence-corrected chi connectivity index (χ1v) is 11.0. The summed E-state index contributed by atoms with van der Waals surface area (Å²) in [7, 11) is -3.79. The Morgan fingerprint density at radius 2 is 1.70 bits per heavy atom. The minimum atomic E-state index is -3.79. The van der Waals surface area contributed by atoms with Gasteiger partial charge in [0.1, 0.15) is 6.04 Å². The molecule has 0 spiro atoms. The maximum Gasteiger partial charge on any atom is 0.248 e. The van der Waals surface area contributed by atoms with Crippen molar-refractivity contribution in [2.75, 3.05) is 15.9 Å². The van der Waals surface area contributed by atoms with E-state index in [-0.39, 0.29) is 17.1 Å². The second kappa shape index (κ2) is 8.50. The third-order valence-corrected chi connectivity index (χ3v) is 5.69. The number of benzene rings is 2. The topological polar surface area (TPSA) is 66.5 Å². The predicted octanol–water partition coefficient (Wildman–Crippen LogP) is 4.79. The molecule has 0 heterocycles. The van der Waals surface area contributed by atoms with Crippen LogP contribution in [0.5, 0.6) is 0 Å². The molecule has 1 N–H and O–H groups in total. The Balaban J connectivity index is 2.46. The number of aryl methyl sites for hydroxylation is 2. The summed E-state index contributed by atoms with van der Waals surface area (Å²) in [5.74, 6) is -0.441. The van der Waals surface area contributed by atoms with E-state index in [1.807, 2.05) is 32.0 Å². The van der Waals surface area contributed by atoms with E-state index in [1.165, 1.54) is 12.1 Å². The maximum absolute atomic E-state index is 12.9. The first-order valence-electron chi connectivity index (χ1n) is 8.36. The van der Waals surface area contributed by atoms with Crippen LogP contribution in [-0.4, -0.2) is 26.6 Å². The molecule has 0 aromatic heterocycles. The lowest BCUT2D eigenvalue weighted by Crippen LogP contribution is -2.47. The number of amides is 1. The molecule has 0 radical (unpaired) electrons. The molecule has 0 fully saturated rings. The molecule has 2 aromatic rings. The van der Waals surface area contributed by atoms with Crippen molar-refractivity contribution in [1.29, 1.82) is 0 Å². The zero-order valence-corrected chi connectivity index (χ0v) is 17.9. The molecule has 0 aliphatic rings. The summed E-state index contributed by atoms with van der Waals surface area (Å²) < 4.78 is 26.0. The molecular weight excluding hydrogens is 407 g/mol. The van der Waals surface area contributed by atoms with Gasteiger partial charge >= 0.3 is 0 Å². The number of nitrogens with zero attached hydrogens (tertiary/aromatic N) is 1. The van der Waals surface area contributed by atoms with Crippen molar-refractivity contribution >= 4 is 50.5 Å². The summed E-state index contributed by atoms with van der Waals surface area (Å²) in [5, 5.41) is 3.33. The van der Waals surface area contributed by atoms with E-state index in [4.69, 9.17) is 23.2 Å². The summed E-state index contributed by atoms with van der Waals surface area (Å²) in [6, 6.07) is 9.18. The molecule has 0 aliphatic carbocycles. The van der Waals surface area contributed by atoms with Crippen molar-refractivity contribution in [2.24, 2.45) is 0 Å². The highest BCUT2D eigenvalue weighted by Gasteiger charge is 2.33. The number of rotatable bonds is 6. The molecule has 1 atom stereocenters. The molecule has 27 heavy (non-hydrogen) atoms. The fraction of sp³-hybridized carbons (Fsp3) is 0.316. The summed E-state index contributed by atoms with van der Waals surface area (Å²) in [6.45, 7) is 5.59. The van der Waals surface area contributed by atoms with Gasteiger partial charge in [-0.25, -0.2) is 8.42 Å². The molecule has 8 heteroatoms. The zero-order chi connectivity index (χ0) is 20.4. The fourth-order valence-electron chi connectivity index (χ4n) is 2.96. The molecular formula is C19H22Cl2N2O3S. The van der Waals surface area contributed by atoms with Gasteiger partial charge in [0.2, 0.25) is 15.9 Å². The van der Waals surface area contributed by atoms with Gasteiger partial charge in [0.25, 0.3) is 0 Å². The lowest BCUT2D eigenvalue weighted by molar-refractivity contribution is -0.117. The van der Waals surface area contributed by atoms with Crippen LogP contribution in [0.3, 0.4) is 0 Å². The number of nitrogens with one attached hydrogen (secondary N) is 1. The minimum Gasteiger partial charge on any atom is -0.324 e. The fourth-order valence-corrected chi connectivity index (χ4v) is 4.60. The van der Waals surface area contributed by atoms with Crippen LogP contribution in [0.2, 0.25) is 10.0 Å². The van der Waals surface area contributed by atoms with Crippen LogP contribution in [0.1, 0.15) is 24.5 Å². The molecule has 2 aromatic carbocycles. The molecule has 0 saturated heterocycles. The molecule has 0 unspecified atom stereocenters. The largest absolute Gasteiger partial charge is 0.324 e. The van der Waals surface area contributed by atoms with Gasteiger partial charge in [0.15, 0.2) is 0 Å². The van der Waals surface area contributed by atoms with Gasteiger partial charge in [-0.3, -0.25) is 9.10 Å². The van der Waals surface area contributed by atoms with Crippen molar-refractivity contribution in [3.63, 3.8) is 0 Å². The number of anilines is 2. The Labute approximate surface area is 170 Å². The highest BCUT2D eigenvalue weighted by molar-refractivity contribution is 7.92. The Bertz CT molecular complexity index is 941. The standard InChI is InChI=1S/C19H22Cl2N2O3S/c1-5-17(19(24)22-15-9-12(2)8-13(3)10-15)23(27(4,25)26)18-11-14(20)6-7-16(18)21/h6-11,17H,5H2,1-4H3,(H,22,24)/t17-/m0/s1. The number of carbonyl (C=O) groups excluding carboxylic acids is 1. The van der Waals surface area contributed by atoms with Crippen LogP contribution >= 0.6 is 23.2 Å². The van der Waals surface area contributed by atoms with Crippen molar-refractivity contribution in [3.8, 4) is 0 Å². The normalized spacial score (nSPS) is 12.5. The predicted molar refractivity (Wildman–Crippen MR) is 112 cm³/mol. The average molecular weight is 429 g/mol. The second-order valence-electron chi connectivity index (χ2n) is 6.44. The van der Waals surface area contributed by atoms with Crippen LogP contribution in [0.4, 0.5) is 11.4 Å². The maximum atomic E-state index is 12.9. The van der Waals surface area contributed by atoms with E-state index < -0.39 is 22.0 Å². The van der Waals surface area contributed by atoms with Crippen LogP contribution < -0.4 is 9.62 Å². The summed E-state index contributed by atoms with van der Waals surface area (Å²) in [5.41, 5.74) is 2.78. The lowest BCUT2D eigenvalue weighted by atomic mass is 10.1. The Morgan fingerprint density at radius 1 is 1.11 bits per heavy atom. The van der Waals surface area contributed by atoms with Crippen LogP contribution in [0.25, 0.3) is 0 Å². The van der Waals surface area contributed by atoms with Gasteiger partial charge in [0.05, 0.1) is 17.0 Å². The molecule has 0 aliphatic heterocycles. The van der Waals surface area contributed by atoms with Crippen LogP contribution in [0, 0.1) is 13.8 Å². The SMILES string of the molecule is CC[C@@H](C(=O)Nc1cc(C)cc(C)c1)N(c1cc(Cl)ccc1Cl)S(C)(=O)=O. The quantitative estimate of drug-likeness (QED) is 0.718. The van der Waals surface area contributed by atoms with Gasteiger partial charge in [-0.15, -0.1) is 0 Å². The number of carbonyl (C=O) groups is 1. The van der Waals surface area contributed by atoms with Crippen molar-refractivity contribution in [1.82, 2.24) is 0 Å². The summed E-state index contributed by atoms with van der Waals surface area (Å²) in [4.78, 5) is 12.9. The smallest absolute Gasteiger partial charge is 0.248 e. The first kappa shape index (κ1) is 21.5. The minimum absolute atomic E-state index is 0.175. The number of sulfonamides is 1. The van der Waals surface area contributed by atoms with E-state index in [0.29, 0.717) is 10.7 Å². The molecule has 5 nitrogen and oxygen atoms in total. The Hall–Kier alpha value is -1.76. The van der Waals surface area contributed by atoms with Gasteiger partial charge in [-0.2, -0.15) is 0 Å². The van der Waals surface area contributed by atoms with Crippen molar-refractivity contribution in [3.05, 3.63) is 57.6 Å². The number of halogens is 2. The number of hydrogen-bond donors (Lipinski definition) is 1. The third-order valence-electron chi connectivity index (χ3n) is 3.96. The van der Waals surface area contributed by atoms with Gasteiger partial charge in [0, 0.05) is 10.7 Å². The second-order valence-corrected chi connectivity index (χ2v) is 9.15. The third kappa shape index (κ3) is 5.37. The van der Waals surface area contributed by atoms with Gasteiger partial charge < -0.3 is 5.32 Å². The first-order chi connectivity index (χ1) is 12.5. The van der Waals surface area contributed by atoms with Crippen molar-refractivity contribution < 1.29 is 13.2 Å². The van der Waals surface area contributed by atoms with E-state index in [0.717, 1.165) is 21.7 Å². The molecule has 0 saturated carbocycles. The molecule has 1 amide bonds. The lowest BCUT2D eigenvalue weighted by Gasteiger charge is -2.30. The van der Waals surface area contributed by atoms with Crippen LogP contribution in [0.15, 0.2) is 36.4 Å². The number of hydrogen-bond acceptors (Lipinski definition) is 3. The average Bonchev–Trinajstić information content (AvgIpc) is 2.52. The highest BCUT2D eigenvalue weighted by atomic mass is 35.5. The highest BCUT2D eigenvalue weighted by Crippen LogP contribution is 2.33. The van der Waals surface area contributed by atoms with Gasteiger partial charge in [-0.1, -0.05) is 36.2 Å². The van der Waals surface area contributed by atoms with E-state index in [9.17, 15) is 13.2 Å². The summed E-state index contributed by atoms with van der Waals surface area (Å²) in [6.07, 6.45) is 1.30. The van der Waals surface area contributed by atoms with E-state index in [1.54, 1.807) is 13.0 Å². The zero-order valence-electron chi connectivity index (χ0n) is 15.6. The van der Waals surface area contributed by atoms with E-state index in [2.05, 4.69) is 5.32 Å². The van der Waals surface area contributed by atoms with E-state index >= 15 is 0 Å². The van der Waals surface area contributed by atoms with Crippen molar-refractivity contribution in [2.45, 2.75) is 33.2 Å². The monoisotopic (exact) mass is 428 g/mol. The molecule has 146 valence electrons. The summed E-state index contributed by atoms with van der Waals surface area (Å²) >= 11 is 12.2. The van der Waals surface area contributed by atoms with Crippen LogP contribution in [-0.2, 0) is 14.8 Å².